The fourth-order valence-electron chi connectivity index (χ4n) is 0.388. The van der Waals surface area contributed by atoms with E-state index in [1.165, 1.54) is 0 Å². The number of unbranched alkanes of at least 4 members (excludes halogenated alkanes) is 1. The predicted octanol–water partition coefficient (Wildman–Crippen LogP) is 1.39. The highest BCUT2D eigenvalue weighted by atomic mass is 35.5. The highest BCUT2D eigenvalue weighted by molar-refractivity contribution is 6.17. The van der Waals surface area contributed by atoms with E-state index in [1.807, 2.05) is 0 Å². The predicted molar refractivity (Wildman–Crippen MR) is 39.4 cm³/mol. The number of hydrogen-bond acceptors (Lipinski definition) is 1. The smallest absolute Gasteiger partial charge is 0.0540 e. The Hall–Kier alpha value is -0.190. The van der Waals surface area contributed by atoms with Crippen molar-refractivity contribution in [2.75, 3.05) is 12.5 Å². The molecule has 0 rings (SSSR count). The van der Waals surface area contributed by atoms with Gasteiger partial charge in [0, 0.05) is 18.7 Å². The van der Waals surface area contributed by atoms with E-state index < -0.39 is 0 Å². The average Bonchev–Trinajstić information content (AvgIpc) is 1.89. The summed E-state index contributed by atoms with van der Waals surface area (Å²) in [4.78, 5) is 0. The van der Waals surface area contributed by atoms with Crippen LogP contribution in [0.2, 0.25) is 0 Å². The minimum atomic E-state index is 0.161. The Morgan fingerprint density at radius 1 is 1.22 bits per heavy atom. The van der Waals surface area contributed by atoms with Crippen LogP contribution in [-0.4, -0.2) is 17.6 Å². The molecule has 0 aromatic heterocycles. The summed E-state index contributed by atoms with van der Waals surface area (Å²) in [5, 5.41) is 8.29. The van der Waals surface area contributed by atoms with Gasteiger partial charge in [0.2, 0.25) is 0 Å². The first-order valence-corrected chi connectivity index (χ1v) is 3.58. The first kappa shape index (κ1) is 8.81. The number of rotatable bonds is 3. The molecule has 0 fully saturated rings. The Kier molecular flexibility index (Phi) is 7.65. The Balaban J connectivity index is 2.96. The third kappa shape index (κ3) is 7.81. The number of halogens is 1. The maximum atomic E-state index is 8.29. The molecule has 0 bridgehead atoms. The second-order valence-electron chi connectivity index (χ2n) is 1.62. The lowest BCUT2D eigenvalue weighted by molar-refractivity contribution is 0.305. The van der Waals surface area contributed by atoms with Crippen molar-refractivity contribution in [1.82, 2.24) is 0 Å². The molecular formula is C7H11ClO. The lowest BCUT2D eigenvalue weighted by atomic mass is 10.3. The Morgan fingerprint density at radius 3 is 2.44 bits per heavy atom. The molecule has 0 aliphatic rings. The number of aliphatic hydroxyl groups excluding tert-OH is 1. The van der Waals surface area contributed by atoms with Crippen LogP contribution >= 0.6 is 11.6 Å². The Morgan fingerprint density at radius 2 is 1.89 bits per heavy atom. The van der Waals surface area contributed by atoms with E-state index in [4.69, 9.17) is 16.7 Å². The minimum absolute atomic E-state index is 0.161. The van der Waals surface area contributed by atoms with Gasteiger partial charge in [-0.1, -0.05) is 0 Å². The number of hydrogen-bond donors (Lipinski definition) is 1. The van der Waals surface area contributed by atoms with Gasteiger partial charge in [-0.25, -0.2) is 0 Å². The molecule has 0 heterocycles. The van der Waals surface area contributed by atoms with Crippen molar-refractivity contribution in [2.45, 2.75) is 19.3 Å². The second kappa shape index (κ2) is 7.81. The molecule has 9 heavy (non-hydrogen) atoms. The van der Waals surface area contributed by atoms with Crippen molar-refractivity contribution in [3.05, 3.63) is 0 Å². The molecule has 0 saturated carbocycles. The van der Waals surface area contributed by atoms with Crippen LogP contribution in [-0.2, 0) is 0 Å². The van der Waals surface area contributed by atoms with Gasteiger partial charge in [0.1, 0.15) is 0 Å². The number of alkyl halides is 1. The van der Waals surface area contributed by atoms with Crippen molar-refractivity contribution in [2.24, 2.45) is 0 Å². The fraction of sp³-hybridized carbons (Fsp3) is 0.714. The first-order chi connectivity index (χ1) is 4.41. The molecule has 0 aliphatic heterocycles. The van der Waals surface area contributed by atoms with Crippen LogP contribution < -0.4 is 0 Å². The van der Waals surface area contributed by atoms with Crippen LogP contribution in [0.1, 0.15) is 19.3 Å². The molecule has 0 unspecified atom stereocenters. The van der Waals surface area contributed by atoms with Gasteiger partial charge >= 0.3 is 0 Å². The maximum absolute atomic E-state index is 8.29. The monoisotopic (exact) mass is 146 g/mol. The van der Waals surface area contributed by atoms with Gasteiger partial charge in [0.15, 0.2) is 0 Å². The van der Waals surface area contributed by atoms with E-state index in [9.17, 15) is 0 Å². The van der Waals surface area contributed by atoms with Gasteiger partial charge < -0.3 is 5.11 Å². The first-order valence-electron chi connectivity index (χ1n) is 3.04. The summed E-state index contributed by atoms with van der Waals surface area (Å²) in [7, 11) is 0. The molecule has 0 saturated heterocycles. The lowest BCUT2D eigenvalue weighted by Crippen LogP contribution is -1.76. The summed E-state index contributed by atoms with van der Waals surface area (Å²) in [6, 6.07) is 0. The van der Waals surface area contributed by atoms with Gasteiger partial charge in [-0.2, -0.15) is 0 Å². The largest absolute Gasteiger partial charge is 0.395 e. The molecule has 2 heteroatoms. The van der Waals surface area contributed by atoms with Crippen LogP contribution in [0.15, 0.2) is 0 Å². The molecule has 0 atom stereocenters. The molecular weight excluding hydrogens is 136 g/mol. The van der Waals surface area contributed by atoms with E-state index in [1.54, 1.807) is 0 Å². The summed E-state index contributed by atoms with van der Waals surface area (Å²) in [6.07, 6.45) is 2.38. The highest BCUT2D eigenvalue weighted by Crippen LogP contribution is 1.88. The zero-order valence-corrected chi connectivity index (χ0v) is 6.12. The van der Waals surface area contributed by atoms with Gasteiger partial charge in [-0.3, -0.25) is 0 Å². The van der Waals surface area contributed by atoms with Crippen molar-refractivity contribution in [1.29, 1.82) is 0 Å². The molecule has 0 spiro atoms. The molecule has 0 aromatic rings. The summed E-state index contributed by atoms with van der Waals surface area (Å²) < 4.78 is 0. The van der Waals surface area contributed by atoms with Gasteiger partial charge in [-0.05, 0) is 6.42 Å². The molecule has 0 aromatic carbocycles. The third-order valence-electron chi connectivity index (χ3n) is 0.797. The van der Waals surface area contributed by atoms with Crippen LogP contribution in [0.5, 0.6) is 0 Å². The quantitative estimate of drug-likeness (QED) is 0.363. The van der Waals surface area contributed by atoms with E-state index in [2.05, 4.69) is 11.8 Å². The zero-order valence-electron chi connectivity index (χ0n) is 5.36. The maximum Gasteiger partial charge on any atom is 0.0540 e. The molecule has 0 radical (unpaired) electrons. The van der Waals surface area contributed by atoms with Gasteiger partial charge in [-0.15, -0.1) is 23.4 Å². The molecule has 0 aliphatic carbocycles. The van der Waals surface area contributed by atoms with Crippen molar-refractivity contribution < 1.29 is 5.11 Å². The summed E-state index contributed by atoms with van der Waals surface area (Å²) >= 11 is 5.40. The Labute approximate surface area is 61.0 Å². The molecule has 0 amide bonds. The molecule has 1 nitrogen and oxygen atoms in total. The minimum Gasteiger partial charge on any atom is -0.395 e. The second-order valence-corrected chi connectivity index (χ2v) is 2.00. The highest BCUT2D eigenvalue weighted by Gasteiger charge is 1.76. The van der Waals surface area contributed by atoms with Crippen molar-refractivity contribution in [3.63, 3.8) is 0 Å². The standard InChI is InChI=1S/C7H11ClO/c8-6-4-2-1-3-5-7-9/h9H,2,4-7H2. The van der Waals surface area contributed by atoms with Crippen molar-refractivity contribution >= 4 is 11.6 Å². The van der Waals surface area contributed by atoms with Crippen LogP contribution in [0, 0.1) is 11.8 Å². The summed E-state index contributed by atoms with van der Waals surface area (Å²) in [5.41, 5.74) is 0. The van der Waals surface area contributed by atoms with E-state index >= 15 is 0 Å². The Bertz CT molecular complexity index is 101. The summed E-state index contributed by atoms with van der Waals surface area (Å²) in [6.45, 7) is 0.161. The van der Waals surface area contributed by atoms with Gasteiger partial charge in [0.05, 0.1) is 6.61 Å². The van der Waals surface area contributed by atoms with Crippen molar-refractivity contribution in [3.8, 4) is 11.8 Å². The molecule has 1 N–H and O–H groups in total. The van der Waals surface area contributed by atoms with E-state index in [0.29, 0.717) is 12.3 Å². The van der Waals surface area contributed by atoms with Crippen LogP contribution in [0.3, 0.4) is 0 Å². The van der Waals surface area contributed by atoms with E-state index in [0.717, 1.165) is 12.8 Å². The average molecular weight is 147 g/mol. The fourth-order valence-corrected chi connectivity index (χ4v) is 0.522. The zero-order chi connectivity index (χ0) is 6.95. The normalized spacial score (nSPS) is 8.22. The van der Waals surface area contributed by atoms with Crippen LogP contribution in [0.25, 0.3) is 0 Å². The number of aliphatic hydroxyl groups is 1. The molecule has 52 valence electrons. The van der Waals surface area contributed by atoms with Gasteiger partial charge in [0.25, 0.3) is 0 Å². The summed E-state index contributed by atoms with van der Waals surface area (Å²) in [5.74, 6) is 6.38. The lowest BCUT2D eigenvalue weighted by Gasteiger charge is -1.81. The SMILES string of the molecule is OCCC#CCCCCl. The van der Waals surface area contributed by atoms with Crippen LogP contribution in [0.4, 0.5) is 0 Å². The third-order valence-corrected chi connectivity index (χ3v) is 1.06. The topological polar surface area (TPSA) is 20.2 Å². The van der Waals surface area contributed by atoms with E-state index in [-0.39, 0.29) is 6.61 Å².